The minimum atomic E-state index is -0.472. The Morgan fingerprint density at radius 1 is 1.46 bits per heavy atom. The molecule has 8 heteroatoms. The Bertz CT molecular complexity index is 596. The second-order valence-corrected chi connectivity index (χ2v) is 6.33. The quantitative estimate of drug-likeness (QED) is 0.773. The molecule has 24 heavy (non-hydrogen) atoms. The van der Waals surface area contributed by atoms with Crippen molar-refractivity contribution in [2.75, 3.05) is 43.6 Å². The smallest absolute Gasteiger partial charge is 0.246 e. The fourth-order valence-corrected chi connectivity index (χ4v) is 3.28. The number of aromatic nitrogens is 2. The van der Waals surface area contributed by atoms with Crippen molar-refractivity contribution in [2.24, 2.45) is 11.8 Å². The predicted molar refractivity (Wildman–Crippen MR) is 88.4 cm³/mol. The molecule has 7 nitrogen and oxygen atoms in total. The molecule has 1 aliphatic carbocycles. The highest BCUT2D eigenvalue weighted by Crippen LogP contribution is 2.42. The van der Waals surface area contributed by atoms with E-state index in [-0.39, 0.29) is 24.4 Å². The topological polar surface area (TPSA) is 79.4 Å². The van der Waals surface area contributed by atoms with E-state index >= 15 is 0 Å². The molecule has 0 spiro atoms. The van der Waals surface area contributed by atoms with Crippen LogP contribution in [0.4, 0.5) is 16.2 Å². The zero-order valence-corrected chi connectivity index (χ0v) is 14.1. The Kier molecular flexibility index (Phi) is 5.13. The first kappa shape index (κ1) is 16.9. The summed E-state index contributed by atoms with van der Waals surface area (Å²) in [5.74, 6) is 1.13. The maximum Gasteiger partial charge on any atom is 0.246 e. The van der Waals surface area contributed by atoms with E-state index in [1.165, 1.54) is 19.0 Å². The van der Waals surface area contributed by atoms with Gasteiger partial charge in [0.05, 0.1) is 12.2 Å². The van der Waals surface area contributed by atoms with Crippen LogP contribution >= 0.6 is 0 Å². The number of amides is 1. The van der Waals surface area contributed by atoms with Gasteiger partial charge in [0, 0.05) is 32.7 Å². The van der Waals surface area contributed by atoms with Gasteiger partial charge in [-0.15, -0.1) is 0 Å². The van der Waals surface area contributed by atoms with Gasteiger partial charge >= 0.3 is 0 Å². The first-order chi connectivity index (χ1) is 11.6. The van der Waals surface area contributed by atoms with Crippen molar-refractivity contribution in [2.45, 2.75) is 25.8 Å². The van der Waals surface area contributed by atoms with Crippen LogP contribution in [0, 0.1) is 17.7 Å². The van der Waals surface area contributed by atoms with Gasteiger partial charge in [-0.1, -0.05) is 0 Å². The minimum Gasteiger partial charge on any atom is -0.372 e. The molecule has 132 valence electrons. The Balaban J connectivity index is 1.69. The van der Waals surface area contributed by atoms with Gasteiger partial charge in [-0.3, -0.25) is 4.79 Å². The number of halogens is 1. The number of carbonyl (C=O) groups is 1. The van der Waals surface area contributed by atoms with Gasteiger partial charge in [0.15, 0.2) is 11.6 Å². The molecule has 2 unspecified atom stereocenters. The van der Waals surface area contributed by atoms with E-state index in [9.17, 15) is 9.18 Å². The highest BCUT2D eigenvalue weighted by Gasteiger charge is 2.43. The van der Waals surface area contributed by atoms with E-state index in [0.717, 1.165) is 6.54 Å². The van der Waals surface area contributed by atoms with E-state index in [1.807, 2.05) is 11.8 Å². The number of hydrogen-bond donors (Lipinski definition) is 2. The third kappa shape index (κ3) is 3.75. The molecule has 0 aromatic carbocycles. The van der Waals surface area contributed by atoms with Crippen molar-refractivity contribution < 1.29 is 13.9 Å². The van der Waals surface area contributed by atoms with Crippen molar-refractivity contribution in [1.82, 2.24) is 15.3 Å². The van der Waals surface area contributed by atoms with Crippen LogP contribution in [0.5, 0.6) is 0 Å². The molecule has 2 fully saturated rings. The average Bonchev–Trinajstić information content (AvgIpc) is 3.34. The third-order valence-corrected chi connectivity index (χ3v) is 4.63. The summed E-state index contributed by atoms with van der Waals surface area (Å²) in [6.07, 6.45) is 3.58. The van der Waals surface area contributed by atoms with Gasteiger partial charge in [-0.25, -0.2) is 9.37 Å². The summed E-state index contributed by atoms with van der Waals surface area (Å²) in [5, 5.41) is 5.81. The largest absolute Gasteiger partial charge is 0.372 e. The van der Waals surface area contributed by atoms with Crippen LogP contribution in [-0.4, -0.2) is 55.3 Å². The second kappa shape index (κ2) is 7.29. The summed E-state index contributed by atoms with van der Waals surface area (Å²) in [6.45, 7) is 3.88. The molecule has 0 radical (unpaired) electrons. The predicted octanol–water partition coefficient (Wildman–Crippen LogP) is 1.02. The lowest BCUT2D eigenvalue weighted by Gasteiger charge is -2.19. The minimum absolute atomic E-state index is 0.0529. The molecule has 1 aromatic rings. The summed E-state index contributed by atoms with van der Waals surface area (Å²) < 4.78 is 18.7. The van der Waals surface area contributed by atoms with Crippen LogP contribution < -0.4 is 15.5 Å². The first-order valence-corrected chi connectivity index (χ1v) is 8.44. The summed E-state index contributed by atoms with van der Waals surface area (Å²) in [6, 6.07) is 0.0529. The molecule has 2 heterocycles. The lowest BCUT2D eigenvalue weighted by molar-refractivity contribution is -0.126. The highest BCUT2D eigenvalue weighted by atomic mass is 19.1. The Morgan fingerprint density at radius 3 is 2.92 bits per heavy atom. The number of ether oxygens (including phenoxy) is 1. The molecule has 1 aliphatic heterocycles. The molecule has 1 saturated carbocycles. The zero-order valence-electron chi connectivity index (χ0n) is 14.1. The number of rotatable bonds is 7. The van der Waals surface area contributed by atoms with Crippen LogP contribution in [-0.2, 0) is 9.53 Å². The van der Waals surface area contributed by atoms with E-state index in [4.69, 9.17) is 4.74 Å². The normalized spacial score (nSPS) is 23.4. The number of nitrogens with one attached hydrogen (secondary N) is 2. The van der Waals surface area contributed by atoms with Crippen LogP contribution in [0.15, 0.2) is 6.20 Å². The SMILES string of the molecule is CCOCC(=O)NC1CN(c2ncc(F)c(NC)n2)CC1C1CC1. The van der Waals surface area contributed by atoms with E-state index in [0.29, 0.717) is 30.9 Å². The maximum absolute atomic E-state index is 13.6. The fraction of sp³-hybridized carbons (Fsp3) is 0.688. The average molecular weight is 337 g/mol. The maximum atomic E-state index is 13.6. The van der Waals surface area contributed by atoms with Gasteiger partial charge in [-0.05, 0) is 25.7 Å². The zero-order chi connectivity index (χ0) is 17.1. The molecule has 2 N–H and O–H groups in total. The van der Waals surface area contributed by atoms with Gasteiger partial charge in [0.2, 0.25) is 11.9 Å². The van der Waals surface area contributed by atoms with Crippen LogP contribution in [0.3, 0.4) is 0 Å². The van der Waals surface area contributed by atoms with Crippen molar-refractivity contribution in [1.29, 1.82) is 0 Å². The fourth-order valence-electron chi connectivity index (χ4n) is 3.28. The molecule has 1 saturated heterocycles. The van der Waals surface area contributed by atoms with Gasteiger partial charge in [-0.2, -0.15) is 4.98 Å². The van der Waals surface area contributed by atoms with E-state index in [1.54, 1.807) is 7.05 Å². The standard InChI is InChI=1S/C16H24FN5O2/c1-3-24-9-14(23)20-13-8-22(7-11(13)10-4-5-10)16-19-6-12(17)15(18-2)21-16/h6,10-11,13H,3-5,7-9H2,1-2H3,(H,20,23)(H,18,19,21). The van der Waals surface area contributed by atoms with Crippen LogP contribution in [0.1, 0.15) is 19.8 Å². The summed E-state index contributed by atoms with van der Waals surface area (Å²) in [7, 11) is 1.63. The number of hydrogen-bond acceptors (Lipinski definition) is 6. The monoisotopic (exact) mass is 337 g/mol. The summed E-state index contributed by atoms with van der Waals surface area (Å²) >= 11 is 0. The Morgan fingerprint density at radius 2 is 2.25 bits per heavy atom. The number of carbonyl (C=O) groups excluding carboxylic acids is 1. The summed E-state index contributed by atoms with van der Waals surface area (Å²) in [5.41, 5.74) is 0. The lowest BCUT2D eigenvalue weighted by atomic mass is 9.98. The van der Waals surface area contributed by atoms with Gasteiger partial charge in [0.25, 0.3) is 0 Å². The van der Waals surface area contributed by atoms with Crippen molar-refractivity contribution in [3.05, 3.63) is 12.0 Å². The van der Waals surface area contributed by atoms with Crippen molar-refractivity contribution in [3.8, 4) is 0 Å². The number of nitrogens with zero attached hydrogens (tertiary/aromatic N) is 3. The molecule has 1 aromatic heterocycles. The Hall–Kier alpha value is -1.96. The molecule has 3 rings (SSSR count). The molecule has 2 atom stereocenters. The van der Waals surface area contributed by atoms with Gasteiger partial charge in [0.1, 0.15) is 6.61 Å². The highest BCUT2D eigenvalue weighted by molar-refractivity contribution is 5.77. The van der Waals surface area contributed by atoms with Gasteiger partial charge < -0.3 is 20.3 Å². The molecule has 2 aliphatic rings. The molecular weight excluding hydrogens is 313 g/mol. The van der Waals surface area contributed by atoms with Crippen LogP contribution in [0.2, 0.25) is 0 Å². The Labute approximate surface area is 141 Å². The number of anilines is 2. The van der Waals surface area contributed by atoms with E-state index in [2.05, 4.69) is 20.6 Å². The lowest BCUT2D eigenvalue weighted by Crippen LogP contribution is -2.43. The van der Waals surface area contributed by atoms with Crippen LogP contribution in [0.25, 0.3) is 0 Å². The van der Waals surface area contributed by atoms with Crippen molar-refractivity contribution in [3.63, 3.8) is 0 Å². The van der Waals surface area contributed by atoms with E-state index < -0.39 is 5.82 Å². The summed E-state index contributed by atoms with van der Waals surface area (Å²) in [4.78, 5) is 22.4. The first-order valence-electron chi connectivity index (χ1n) is 8.44. The molecule has 0 bridgehead atoms. The third-order valence-electron chi connectivity index (χ3n) is 4.63. The second-order valence-electron chi connectivity index (χ2n) is 6.33. The molecular formula is C16H24FN5O2. The molecule has 1 amide bonds. The van der Waals surface area contributed by atoms with Crippen molar-refractivity contribution >= 4 is 17.7 Å².